The number of benzene rings is 1. The fourth-order valence-corrected chi connectivity index (χ4v) is 2.58. The van der Waals surface area contributed by atoms with E-state index >= 15 is 0 Å². The van der Waals surface area contributed by atoms with Crippen LogP contribution in [0, 0.1) is 23.3 Å². The fourth-order valence-electron chi connectivity index (χ4n) is 1.96. The van der Waals surface area contributed by atoms with Gasteiger partial charge in [0.25, 0.3) is 0 Å². The molecule has 26 heavy (non-hydrogen) atoms. The summed E-state index contributed by atoms with van der Waals surface area (Å²) < 4.78 is 5.59. The van der Waals surface area contributed by atoms with Crippen molar-refractivity contribution in [2.45, 2.75) is 51.9 Å². The summed E-state index contributed by atoms with van der Waals surface area (Å²) in [5, 5.41) is 0. The molecule has 0 unspecified atom stereocenters. The van der Waals surface area contributed by atoms with Crippen LogP contribution in [-0.4, -0.2) is 20.1 Å². The molecule has 0 aliphatic heterocycles. The Bertz CT molecular complexity index is 732. The highest BCUT2D eigenvalue weighted by Crippen LogP contribution is 2.08. The number of allylic oxidation sites excluding steroid dienone is 2. The molecule has 1 atom stereocenters. The topological polar surface area (TPSA) is 26.3 Å². The second-order valence-corrected chi connectivity index (χ2v) is 11.6. The van der Waals surface area contributed by atoms with E-state index in [2.05, 4.69) is 55.9 Å². The lowest BCUT2D eigenvalue weighted by atomic mass is 10.2. The third kappa shape index (κ3) is 10.4. The van der Waals surface area contributed by atoms with Gasteiger partial charge in [0, 0.05) is 6.42 Å². The smallest absolute Gasteiger partial charge is 0.338 e. The predicted octanol–water partition coefficient (Wildman–Crippen LogP) is 5.40. The summed E-state index contributed by atoms with van der Waals surface area (Å²) in [6, 6.07) is 9.03. The van der Waals surface area contributed by atoms with Crippen molar-refractivity contribution < 1.29 is 9.53 Å². The van der Waals surface area contributed by atoms with Crippen molar-refractivity contribution >= 4 is 14.0 Å². The van der Waals surface area contributed by atoms with Crippen LogP contribution >= 0.6 is 0 Å². The number of carbonyl (C=O) groups is 1. The van der Waals surface area contributed by atoms with Crippen LogP contribution in [0.5, 0.6) is 0 Å². The quantitative estimate of drug-likeness (QED) is 0.292. The van der Waals surface area contributed by atoms with Gasteiger partial charge in [-0.15, -0.1) is 5.54 Å². The van der Waals surface area contributed by atoms with Gasteiger partial charge in [0.15, 0.2) is 0 Å². The Kier molecular flexibility index (Phi) is 9.91. The number of hydrogen-bond acceptors (Lipinski definition) is 2. The van der Waals surface area contributed by atoms with E-state index in [1.165, 1.54) is 0 Å². The average molecular weight is 365 g/mol. The molecule has 1 aromatic rings. The Hall–Kier alpha value is -2.49. The summed E-state index contributed by atoms with van der Waals surface area (Å²) in [4.78, 5) is 12.2. The zero-order valence-electron chi connectivity index (χ0n) is 16.2. The van der Waals surface area contributed by atoms with Gasteiger partial charge in [-0.2, -0.15) is 0 Å². The molecule has 1 rings (SSSR count). The molecule has 0 amide bonds. The lowest BCUT2D eigenvalue weighted by molar-refractivity contribution is 0.0400. The number of hydrogen-bond donors (Lipinski definition) is 0. The third-order valence-electron chi connectivity index (χ3n) is 3.18. The number of rotatable bonds is 6. The lowest BCUT2D eigenvalue weighted by Gasteiger charge is -2.12. The van der Waals surface area contributed by atoms with Crippen LogP contribution in [0.4, 0.5) is 0 Å². The van der Waals surface area contributed by atoms with Gasteiger partial charge in [-0.05, 0) is 30.7 Å². The molecule has 0 heterocycles. The zero-order valence-corrected chi connectivity index (χ0v) is 17.2. The van der Waals surface area contributed by atoms with E-state index in [9.17, 15) is 4.79 Å². The van der Waals surface area contributed by atoms with Gasteiger partial charge in [-0.25, -0.2) is 4.79 Å². The predicted molar refractivity (Wildman–Crippen MR) is 112 cm³/mol. The highest BCUT2D eigenvalue weighted by molar-refractivity contribution is 6.83. The fraction of sp³-hybridized carbons (Fsp3) is 0.348. The van der Waals surface area contributed by atoms with Gasteiger partial charge < -0.3 is 4.74 Å². The standard InChI is InChI=1S/C23H28O2Si/c1-5-6-11-18-22(25-23(24)21-16-12-10-13-17-21)19-14-8-7-9-15-20-26(2,3)4/h6,10-14,16-17,19,22H,5,9,18H2,1-4H3/b11-6-,19-14+/t22-/m0/s1. The van der Waals surface area contributed by atoms with E-state index in [0.29, 0.717) is 18.4 Å². The molecule has 0 saturated heterocycles. The van der Waals surface area contributed by atoms with E-state index < -0.39 is 8.07 Å². The average Bonchev–Trinajstić information content (AvgIpc) is 2.60. The van der Waals surface area contributed by atoms with Crippen molar-refractivity contribution in [3.05, 3.63) is 60.2 Å². The molecule has 0 aliphatic rings. The molecule has 0 saturated carbocycles. The van der Waals surface area contributed by atoms with Crippen LogP contribution in [-0.2, 0) is 4.74 Å². The normalized spacial score (nSPS) is 12.2. The van der Waals surface area contributed by atoms with Crippen molar-refractivity contribution in [3.8, 4) is 23.3 Å². The summed E-state index contributed by atoms with van der Waals surface area (Å²) in [5.41, 5.74) is 3.84. The first kappa shape index (κ1) is 21.5. The van der Waals surface area contributed by atoms with Crippen molar-refractivity contribution in [2.75, 3.05) is 0 Å². The minimum absolute atomic E-state index is 0.320. The van der Waals surface area contributed by atoms with Gasteiger partial charge in [0.05, 0.1) is 12.0 Å². The maximum Gasteiger partial charge on any atom is 0.338 e. The van der Waals surface area contributed by atoms with E-state index in [0.717, 1.165) is 6.42 Å². The molecule has 0 radical (unpaired) electrons. The molecule has 0 aliphatic carbocycles. The third-order valence-corrected chi connectivity index (χ3v) is 4.10. The molecule has 0 fully saturated rings. The van der Waals surface area contributed by atoms with Crippen LogP contribution < -0.4 is 0 Å². The van der Waals surface area contributed by atoms with E-state index in [-0.39, 0.29) is 12.1 Å². The number of ether oxygens (including phenoxy) is 1. The summed E-state index contributed by atoms with van der Waals surface area (Å²) in [7, 11) is -1.32. The molecule has 1 aromatic carbocycles. The monoisotopic (exact) mass is 364 g/mol. The molecule has 0 spiro atoms. The second-order valence-electron chi connectivity index (χ2n) is 6.83. The van der Waals surface area contributed by atoms with Crippen LogP contribution in [0.15, 0.2) is 54.6 Å². The van der Waals surface area contributed by atoms with Crippen molar-refractivity contribution in [1.82, 2.24) is 0 Å². The first-order valence-corrected chi connectivity index (χ1v) is 12.5. The maximum absolute atomic E-state index is 12.2. The van der Waals surface area contributed by atoms with Crippen molar-refractivity contribution in [1.29, 1.82) is 0 Å². The van der Waals surface area contributed by atoms with Gasteiger partial charge in [-0.3, -0.25) is 0 Å². The highest BCUT2D eigenvalue weighted by Gasteiger charge is 2.12. The molecule has 0 aromatic heterocycles. The lowest BCUT2D eigenvalue weighted by Crippen LogP contribution is -2.16. The number of carbonyl (C=O) groups excluding carboxylic acids is 1. The number of esters is 1. The first-order chi connectivity index (χ1) is 12.4. The van der Waals surface area contributed by atoms with Gasteiger partial charge in [-0.1, -0.05) is 74.7 Å². The Morgan fingerprint density at radius 3 is 2.54 bits per heavy atom. The Labute approximate surface area is 159 Å². The summed E-state index contributed by atoms with van der Waals surface area (Å²) in [5.74, 6) is 8.79. The summed E-state index contributed by atoms with van der Waals surface area (Å²) >= 11 is 0. The van der Waals surface area contributed by atoms with Crippen molar-refractivity contribution in [3.63, 3.8) is 0 Å². The van der Waals surface area contributed by atoms with Crippen LogP contribution in [0.2, 0.25) is 19.6 Å². The largest absolute Gasteiger partial charge is 0.454 e. The molecular weight excluding hydrogens is 336 g/mol. The molecular formula is C23H28O2Si. The van der Waals surface area contributed by atoms with E-state index in [1.54, 1.807) is 18.2 Å². The van der Waals surface area contributed by atoms with Gasteiger partial charge >= 0.3 is 5.97 Å². The Balaban J connectivity index is 2.67. The molecule has 136 valence electrons. The Morgan fingerprint density at radius 1 is 1.15 bits per heavy atom. The molecule has 3 heteroatoms. The molecule has 2 nitrogen and oxygen atoms in total. The minimum atomic E-state index is -1.32. The van der Waals surface area contributed by atoms with Crippen LogP contribution in [0.3, 0.4) is 0 Å². The first-order valence-electron chi connectivity index (χ1n) is 8.98. The van der Waals surface area contributed by atoms with Crippen LogP contribution in [0.25, 0.3) is 0 Å². The van der Waals surface area contributed by atoms with Crippen LogP contribution in [0.1, 0.15) is 36.5 Å². The summed E-state index contributed by atoms with van der Waals surface area (Å²) in [6.45, 7) is 8.71. The minimum Gasteiger partial charge on any atom is -0.454 e. The highest BCUT2D eigenvalue weighted by atomic mass is 28.3. The Morgan fingerprint density at radius 2 is 1.88 bits per heavy atom. The molecule has 0 bridgehead atoms. The van der Waals surface area contributed by atoms with E-state index in [4.69, 9.17) is 4.74 Å². The van der Waals surface area contributed by atoms with Gasteiger partial charge in [0.1, 0.15) is 14.2 Å². The van der Waals surface area contributed by atoms with Crippen molar-refractivity contribution in [2.24, 2.45) is 0 Å². The van der Waals surface area contributed by atoms with E-state index in [1.807, 2.05) is 30.4 Å². The van der Waals surface area contributed by atoms with Gasteiger partial charge in [0.2, 0.25) is 0 Å². The molecule has 0 N–H and O–H groups in total. The zero-order chi connectivity index (χ0) is 19.3. The second kappa shape index (κ2) is 12.0. The summed E-state index contributed by atoms with van der Waals surface area (Å²) in [6.07, 6.45) is 9.51. The maximum atomic E-state index is 12.2. The SMILES string of the molecule is CC/C=C\C[C@@H](/C=C/C#CCC#C[Si](C)(C)C)OC(=O)c1ccccc1.